The van der Waals surface area contributed by atoms with Crippen molar-refractivity contribution in [2.75, 3.05) is 13.1 Å². The Kier molecular flexibility index (Phi) is 5.65. The van der Waals surface area contributed by atoms with E-state index in [2.05, 4.69) is 71.2 Å². The molecule has 0 aliphatic carbocycles. The van der Waals surface area contributed by atoms with Crippen molar-refractivity contribution in [3.63, 3.8) is 0 Å². The highest BCUT2D eigenvalue weighted by atomic mass is 79.9. The van der Waals surface area contributed by atoms with Crippen LogP contribution in [-0.4, -0.2) is 29.6 Å². The molecule has 20 heavy (non-hydrogen) atoms. The second-order valence-electron chi connectivity index (χ2n) is 6.22. The van der Waals surface area contributed by atoms with Gasteiger partial charge in [-0.05, 0) is 37.5 Å². The van der Waals surface area contributed by atoms with Gasteiger partial charge in [0.2, 0.25) is 0 Å². The Balaban J connectivity index is 2.09. The number of benzene rings is 1. The average Bonchev–Trinajstić information content (AvgIpc) is 2.45. The molecule has 112 valence electrons. The molecule has 1 fully saturated rings. The molecule has 2 nitrogen and oxygen atoms in total. The molecule has 0 aromatic heterocycles. The quantitative estimate of drug-likeness (QED) is 0.865. The third-order valence-corrected chi connectivity index (χ3v) is 5.19. The fraction of sp³-hybridized carbons (Fsp3) is 0.647. The third kappa shape index (κ3) is 3.84. The fourth-order valence-electron chi connectivity index (χ4n) is 2.98. The first kappa shape index (κ1) is 16.0. The Morgan fingerprint density at radius 1 is 1.30 bits per heavy atom. The number of nitrogens with one attached hydrogen (secondary N) is 1. The molecule has 3 heteroatoms. The molecule has 0 spiro atoms. The number of rotatable bonds is 5. The van der Waals surface area contributed by atoms with Crippen LogP contribution >= 0.6 is 15.9 Å². The van der Waals surface area contributed by atoms with Crippen molar-refractivity contribution in [3.05, 3.63) is 34.3 Å². The van der Waals surface area contributed by atoms with E-state index in [0.717, 1.165) is 24.1 Å². The molecule has 1 aliphatic heterocycles. The largest absolute Gasteiger partial charge is 0.311 e. The second-order valence-corrected chi connectivity index (χ2v) is 7.14. The molecule has 2 rings (SSSR count). The van der Waals surface area contributed by atoms with Crippen molar-refractivity contribution in [3.8, 4) is 0 Å². The highest BCUT2D eigenvalue weighted by Crippen LogP contribution is 2.26. The van der Waals surface area contributed by atoms with Gasteiger partial charge in [-0.25, -0.2) is 0 Å². The lowest BCUT2D eigenvalue weighted by molar-refractivity contribution is 0.0397. The Morgan fingerprint density at radius 3 is 2.60 bits per heavy atom. The van der Waals surface area contributed by atoms with Crippen molar-refractivity contribution in [2.24, 2.45) is 0 Å². The Labute approximate surface area is 132 Å². The summed E-state index contributed by atoms with van der Waals surface area (Å²) in [6.07, 6.45) is 3.72. The summed E-state index contributed by atoms with van der Waals surface area (Å²) in [5.74, 6) is 0. The minimum absolute atomic E-state index is 0.275. The van der Waals surface area contributed by atoms with E-state index < -0.39 is 0 Å². The van der Waals surface area contributed by atoms with E-state index in [-0.39, 0.29) is 5.54 Å². The molecule has 1 aromatic carbocycles. The predicted octanol–water partition coefficient (Wildman–Crippen LogP) is 4.19. The van der Waals surface area contributed by atoms with Crippen LogP contribution in [0.15, 0.2) is 28.7 Å². The smallest absolute Gasteiger partial charge is 0.0307 e. The Hall–Kier alpha value is -0.380. The molecule has 1 heterocycles. The molecule has 1 N–H and O–H groups in total. The van der Waals surface area contributed by atoms with Gasteiger partial charge in [0, 0.05) is 35.7 Å². The fourth-order valence-corrected chi connectivity index (χ4v) is 3.25. The molecule has 0 radical (unpaired) electrons. The summed E-state index contributed by atoms with van der Waals surface area (Å²) in [6, 6.07) is 9.40. The maximum atomic E-state index is 3.74. The van der Waals surface area contributed by atoms with Gasteiger partial charge in [-0.15, -0.1) is 0 Å². The van der Waals surface area contributed by atoms with Crippen molar-refractivity contribution in [2.45, 2.75) is 58.2 Å². The summed E-state index contributed by atoms with van der Waals surface area (Å²) in [4.78, 5) is 2.67. The zero-order chi connectivity index (χ0) is 14.6. The lowest BCUT2D eigenvalue weighted by Crippen LogP contribution is -2.62. The van der Waals surface area contributed by atoms with E-state index in [1.54, 1.807) is 0 Å². The Morgan fingerprint density at radius 2 is 2.00 bits per heavy atom. The van der Waals surface area contributed by atoms with Crippen LogP contribution in [0.25, 0.3) is 0 Å². The number of halogens is 1. The van der Waals surface area contributed by atoms with Crippen LogP contribution in [0.4, 0.5) is 0 Å². The van der Waals surface area contributed by atoms with Crippen molar-refractivity contribution in [1.82, 2.24) is 10.2 Å². The molecular weight excluding hydrogens is 312 g/mol. The van der Waals surface area contributed by atoms with Crippen molar-refractivity contribution >= 4 is 15.9 Å². The van der Waals surface area contributed by atoms with Crippen LogP contribution in [0.2, 0.25) is 0 Å². The van der Waals surface area contributed by atoms with Gasteiger partial charge < -0.3 is 5.32 Å². The standard InChI is InChI=1S/C17H27BrN2/c1-4-6-16-12-20(17(3,5-2)13-19-16)11-14-7-9-15(18)10-8-14/h7-10,16,19H,4-6,11-13H2,1-3H3. The van der Waals surface area contributed by atoms with Gasteiger partial charge in [0.1, 0.15) is 0 Å². The summed E-state index contributed by atoms with van der Waals surface area (Å²) in [6.45, 7) is 10.3. The molecule has 1 aliphatic rings. The SMILES string of the molecule is CCCC1CN(Cc2ccc(Br)cc2)C(C)(CC)CN1. The number of hydrogen-bond acceptors (Lipinski definition) is 2. The molecule has 0 amide bonds. The van der Waals surface area contributed by atoms with E-state index in [4.69, 9.17) is 0 Å². The lowest BCUT2D eigenvalue weighted by Gasteiger charge is -2.48. The minimum atomic E-state index is 0.275. The monoisotopic (exact) mass is 338 g/mol. The molecule has 0 bridgehead atoms. The zero-order valence-electron chi connectivity index (χ0n) is 13.0. The zero-order valence-corrected chi connectivity index (χ0v) is 14.5. The van der Waals surface area contributed by atoms with Gasteiger partial charge >= 0.3 is 0 Å². The number of piperazine rings is 1. The van der Waals surface area contributed by atoms with Gasteiger partial charge in [0.05, 0.1) is 0 Å². The van der Waals surface area contributed by atoms with E-state index >= 15 is 0 Å². The topological polar surface area (TPSA) is 15.3 Å². The summed E-state index contributed by atoms with van der Waals surface area (Å²) in [7, 11) is 0. The average molecular weight is 339 g/mol. The number of nitrogens with zero attached hydrogens (tertiary/aromatic N) is 1. The predicted molar refractivity (Wildman–Crippen MR) is 89.9 cm³/mol. The van der Waals surface area contributed by atoms with Gasteiger partial charge in [0.15, 0.2) is 0 Å². The van der Waals surface area contributed by atoms with E-state index in [1.165, 1.54) is 24.8 Å². The molecule has 0 saturated carbocycles. The number of hydrogen-bond donors (Lipinski definition) is 1. The van der Waals surface area contributed by atoms with Crippen LogP contribution in [-0.2, 0) is 6.54 Å². The van der Waals surface area contributed by atoms with Crippen LogP contribution in [0, 0.1) is 0 Å². The summed E-state index contributed by atoms with van der Waals surface area (Å²) < 4.78 is 1.16. The van der Waals surface area contributed by atoms with Gasteiger partial charge in [-0.2, -0.15) is 0 Å². The third-order valence-electron chi connectivity index (χ3n) is 4.66. The van der Waals surface area contributed by atoms with Gasteiger partial charge in [-0.3, -0.25) is 4.90 Å². The van der Waals surface area contributed by atoms with E-state index in [1.807, 2.05) is 0 Å². The normalized spacial score (nSPS) is 27.7. The first-order valence-electron chi connectivity index (χ1n) is 7.80. The first-order chi connectivity index (χ1) is 9.57. The van der Waals surface area contributed by atoms with Crippen LogP contribution < -0.4 is 5.32 Å². The summed E-state index contributed by atoms with van der Waals surface area (Å²) >= 11 is 3.51. The van der Waals surface area contributed by atoms with E-state index in [0.29, 0.717) is 6.04 Å². The molecule has 2 unspecified atom stereocenters. The highest BCUT2D eigenvalue weighted by molar-refractivity contribution is 9.10. The highest BCUT2D eigenvalue weighted by Gasteiger charge is 2.35. The molecule has 1 saturated heterocycles. The van der Waals surface area contributed by atoms with Crippen molar-refractivity contribution in [1.29, 1.82) is 0 Å². The molecule has 1 aromatic rings. The maximum Gasteiger partial charge on any atom is 0.0307 e. The van der Waals surface area contributed by atoms with Crippen LogP contribution in [0.1, 0.15) is 45.6 Å². The Bertz CT molecular complexity index is 418. The maximum absolute atomic E-state index is 3.74. The van der Waals surface area contributed by atoms with Crippen molar-refractivity contribution < 1.29 is 0 Å². The second kappa shape index (κ2) is 7.06. The summed E-state index contributed by atoms with van der Waals surface area (Å²) in [5, 5.41) is 3.74. The van der Waals surface area contributed by atoms with Gasteiger partial charge in [0.25, 0.3) is 0 Å². The summed E-state index contributed by atoms with van der Waals surface area (Å²) in [5.41, 5.74) is 1.68. The molecular formula is C17H27BrN2. The first-order valence-corrected chi connectivity index (χ1v) is 8.59. The molecule has 2 atom stereocenters. The van der Waals surface area contributed by atoms with Crippen LogP contribution in [0.5, 0.6) is 0 Å². The van der Waals surface area contributed by atoms with E-state index in [9.17, 15) is 0 Å². The van der Waals surface area contributed by atoms with Gasteiger partial charge in [-0.1, -0.05) is 48.3 Å². The minimum Gasteiger partial charge on any atom is -0.311 e. The van der Waals surface area contributed by atoms with Crippen LogP contribution in [0.3, 0.4) is 0 Å². The lowest BCUT2D eigenvalue weighted by atomic mass is 9.90.